The van der Waals surface area contributed by atoms with Crippen LogP contribution < -0.4 is 15.0 Å². The zero-order valence-corrected chi connectivity index (χ0v) is 22.7. The SMILES string of the molecule is COCC1CN(c2ccc3cnc(CNC(=O)c4ccc5c(c4)S(=O)(=O)CCOC5)cc3n2)c2ccccc2O1. The number of anilines is 2. The fourth-order valence-electron chi connectivity index (χ4n) is 4.92. The number of carbonyl (C=O) groups excluding carboxylic acids is 1. The number of nitrogens with zero attached hydrogens (tertiary/aromatic N) is 3. The molecule has 0 aliphatic carbocycles. The zero-order chi connectivity index (χ0) is 27.7. The van der Waals surface area contributed by atoms with E-state index >= 15 is 0 Å². The summed E-state index contributed by atoms with van der Waals surface area (Å²) < 4.78 is 42.0. The van der Waals surface area contributed by atoms with Crippen LogP contribution in [0, 0.1) is 0 Å². The number of fused-ring (bicyclic) bond motifs is 3. The highest BCUT2D eigenvalue weighted by Crippen LogP contribution is 2.37. The van der Waals surface area contributed by atoms with Gasteiger partial charge in [-0.1, -0.05) is 18.2 Å². The minimum Gasteiger partial charge on any atom is -0.484 e. The molecule has 4 heterocycles. The maximum atomic E-state index is 12.9. The molecule has 2 aromatic carbocycles. The molecule has 1 unspecified atom stereocenters. The molecule has 2 aliphatic heterocycles. The minimum absolute atomic E-state index is 0.107. The van der Waals surface area contributed by atoms with Gasteiger partial charge in [-0.15, -0.1) is 0 Å². The Kier molecular flexibility index (Phi) is 7.09. The number of hydrogen-bond donors (Lipinski definition) is 1. The van der Waals surface area contributed by atoms with Crippen LogP contribution in [0.5, 0.6) is 5.75 Å². The van der Waals surface area contributed by atoms with Crippen molar-refractivity contribution in [2.75, 3.05) is 37.5 Å². The quantitative estimate of drug-likeness (QED) is 0.378. The van der Waals surface area contributed by atoms with Gasteiger partial charge in [0.2, 0.25) is 0 Å². The molecule has 1 N–H and O–H groups in total. The van der Waals surface area contributed by atoms with E-state index < -0.39 is 9.84 Å². The number of hydrogen-bond acceptors (Lipinski definition) is 9. The van der Waals surface area contributed by atoms with Crippen LogP contribution in [-0.4, -0.2) is 63.0 Å². The van der Waals surface area contributed by atoms with Gasteiger partial charge in [-0.2, -0.15) is 0 Å². The molecule has 0 saturated carbocycles. The molecule has 206 valence electrons. The highest BCUT2D eigenvalue weighted by Gasteiger charge is 2.27. The molecule has 1 amide bonds. The maximum Gasteiger partial charge on any atom is 0.251 e. The fraction of sp³-hybridized carbons (Fsp3) is 0.276. The van der Waals surface area contributed by atoms with Crippen molar-refractivity contribution in [1.29, 1.82) is 0 Å². The van der Waals surface area contributed by atoms with E-state index in [0.717, 1.165) is 28.2 Å². The molecule has 0 bridgehead atoms. The van der Waals surface area contributed by atoms with Gasteiger partial charge < -0.3 is 24.4 Å². The summed E-state index contributed by atoms with van der Waals surface area (Å²) in [5, 5.41) is 3.71. The lowest BCUT2D eigenvalue weighted by atomic mass is 10.1. The Labute approximate surface area is 231 Å². The summed E-state index contributed by atoms with van der Waals surface area (Å²) in [4.78, 5) is 24.6. The number of amides is 1. The molecule has 10 nitrogen and oxygen atoms in total. The number of carbonyl (C=O) groups is 1. The van der Waals surface area contributed by atoms with Crippen LogP contribution in [0.25, 0.3) is 10.9 Å². The summed E-state index contributed by atoms with van der Waals surface area (Å²) in [5.41, 5.74) is 3.12. The zero-order valence-electron chi connectivity index (χ0n) is 21.9. The molecular weight excluding hydrogens is 532 g/mol. The van der Waals surface area contributed by atoms with Crippen molar-refractivity contribution in [1.82, 2.24) is 15.3 Å². The third kappa shape index (κ3) is 5.23. The molecule has 2 aliphatic rings. The van der Waals surface area contributed by atoms with E-state index in [1.165, 1.54) is 6.07 Å². The number of ether oxygens (including phenoxy) is 3. The summed E-state index contributed by atoms with van der Waals surface area (Å²) >= 11 is 0. The van der Waals surface area contributed by atoms with Gasteiger partial charge in [0.05, 0.1) is 60.5 Å². The Morgan fingerprint density at radius 3 is 2.90 bits per heavy atom. The van der Waals surface area contributed by atoms with Crippen LogP contribution in [0.4, 0.5) is 11.5 Å². The van der Waals surface area contributed by atoms with E-state index in [-0.39, 0.29) is 48.0 Å². The predicted octanol–water partition coefficient (Wildman–Crippen LogP) is 3.41. The second kappa shape index (κ2) is 10.8. The average molecular weight is 561 g/mol. The lowest BCUT2D eigenvalue weighted by molar-refractivity contribution is 0.0810. The minimum atomic E-state index is -3.51. The summed E-state index contributed by atoms with van der Waals surface area (Å²) in [5.74, 6) is 1.04. The fourth-order valence-corrected chi connectivity index (χ4v) is 6.31. The number of methoxy groups -OCH3 is 1. The second-order valence-electron chi connectivity index (χ2n) is 9.69. The molecule has 11 heteroatoms. The van der Waals surface area contributed by atoms with Crippen molar-refractivity contribution < 1.29 is 27.4 Å². The highest BCUT2D eigenvalue weighted by molar-refractivity contribution is 7.91. The molecule has 1 atom stereocenters. The average Bonchev–Trinajstić information content (AvgIpc) is 3.12. The predicted molar refractivity (Wildman–Crippen MR) is 149 cm³/mol. The third-order valence-corrected chi connectivity index (χ3v) is 8.68. The van der Waals surface area contributed by atoms with Crippen LogP contribution >= 0.6 is 0 Å². The van der Waals surface area contributed by atoms with Crippen molar-refractivity contribution in [3.05, 3.63) is 83.7 Å². The third-order valence-electron chi connectivity index (χ3n) is 6.93. The maximum absolute atomic E-state index is 12.9. The van der Waals surface area contributed by atoms with E-state index in [2.05, 4.69) is 15.2 Å². The molecule has 40 heavy (non-hydrogen) atoms. The first-order chi connectivity index (χ1) is 19.4. The molecule has 4 aromatic rings. The smallest absolute Gasteiger partial charge is 0.251 e. The van der Waals surface area contributed by atoms with Gasteiger partial charge in [0, 0.05) is 24.3 Å². The standard InChI is InChI=1S/C29H28N4O6S/c1-37-18-23-16-33(25-4-2-3-5-26(25)39-23)28-9-8-20-14-30-22(13-24(20)32-28)15-31-29(34)19-6-7-21-17-38-10-11-40(35,36)27(21)12-19/h2-9,12-14,23H,10-11,15-18H2,1H3,(H,31,34). The summed E-state index contributed by atoms with van der Waals surface area (Å²) in [6.45, 7) is 1.53. The number of sulfone groups is 1. The number of nitrogens with one attached hydrogen (secondary N) is 1. The van der Waals surface area contributed by atoms with Crippen LogP contribution in [0.15, 0.2) is 71.8 Å². The van der Waals surface area contributed by atoms with Crippen LogP contribution in [0.3, 0.4) is 0 Å². The van der Waals surface area contributed by atoms with E-state index in [9.17, 15) is 13.2 Å². The highest BCUT2D eigenvalue weighted by atomic mass is 32.2. The van der Waals surface area contributed by atoms with Gasteiger partial charge in [0.15, 0.2) is 9.84 Å². The number of rotatable bonds is 6. The van der Waals surface area contributed by atoms with E-state index in [1.807, 2.05) is 42.5 Å². The van der Waals surface area contributed by atoms with Crippen molar-refractivity contribution in [2.24, 2.45) is 0 Å². The Morgan fingerprint density at radius 2 is 2.02 bits per heavy atom. The van der Waals surface area contributed by atoms with E-state index in [1.54, 1.807) is 25.4 Å². The second-order valence-corrected chi connectivity index (χ2v) is 11.8. The van der Waals surface area contributed by atoms with Gasteiger partial charge in [-0.25, -0.2) is 13.4 Å². The van der Waals surface area contributed by atoms with Gasteiger partial charge in [-0.3, -0.25) is 9.78 Å². The van der Waals surface area contributed by atoms with Crippen molar-refractivity contribution in [2.45, 2.75) is 24.2 Å². The molecule has 6 rings (SSSR count). The van der Waals surface area contributed by atoms with Crippen molar-refractivity contribution in [3.63, 3.8) is 0 Å². The number of benzene rings is 2. The summed E-state index contributed by atoms with van der Waals surface area (Å²) in [6.07, 6.45) is 1.58. The van der Waals surface area contributed by atoms with E-state index in [0.29, 0.717) is 24.4 Å². The molecule has 2 aromatic heterocycles. The first kappa shape index (κ1) is 26.2. The van der Waals surface area contributed by atoms with Crippen LogP contribution in [0.1, 0.15) is 21.6 Å². The summed E-state index contributed by atoms with van der Waals surface area (Å²) in [6, 6.07) is 18.3. The topological polar surface area (TPSA) is 120 Å². The van der Waals surface area contributed by atoms with Crippen molar-refractivity contribution in [3.8, 4) is 5.75 Å². The molecule has 0 fully saturated rings. The van der Waals surface area contributed by atoms with Crippen LogP contribution in [-0.2, 0) is 32.5 Å². The molecule has 0 spiro atoms. The summed E-state index contributed by atoms with van der Waals surface area (Å²) in [7, 11) is -1.86. The Balaban J connectivity index is 1.22. The number of para-hydroxylation sites is 2. The first-order valence-electron chi connectivity index (χ1n) is 12.9. The van der Waals surface area contributed by atoms with Gasteiger partial charge in [0.1, 0.15) is 17.7 Å². The first-order valence-corrected chi connectivity index (χ1v) is 14.6. The Hall–Kier alpha value is -4.06. The van der Waals surface area contributed by atoms with Gasteiger partial charge >= 0.3 is 0 Å². The molecule has 0 radical (unpaired) electrons. The Morgan fingerprint density at radius 1 is 1.15 bits per heavy atom. The lowest BCUT2D eigenvalue weighted by Crippen LogP contribution is -2.40. The van der Waals surface area contributed by atoms with Gasteiger partial charge in [-0.05, 0) is 48.0 Å². The van der Waals surface area contributed by atoms with Gasteiger partial charge in [0.25, 0.3) is 5.91 Å². The van der Waals surface area contributed by atoms with Crippen LogP contribution in [0.2, 0.25) is 0 Å². The molecular formula is C29H28N4O6S. The normalized spacial score (nSPS) is 17.8. The Bertz CT molecular complexity index is 1690. The monoisotopic (exact) mass is 560 g/mol. The van der Waals surface area contributed by atoms with Crippen molar-refractivity contribution >= 4 is 38.2 Å². The largest absolute Gasteiger partial charge is 0.484 e. The van der Waals surface area contributed by atoms with E-state index in [4.69, 9.17) is 19.2 Å². The molecule has 0 saturated heterocycles. The number of pyridine rings is 2. The number of aromatic nitrogens is 2. The lowest BCUT2D eigenvalue weighted by Gasteiger charge is -2.35.